The fraction of sp³-hybridized carbons (Fsp3) is 0.875. The van der Waals surface area contributed by atoms with E-state index in [1.165, 1.54) is 0 Å². The van der Waals surface area contributed by atoms with Crippen molar-refractivity contribution in [2.45, 2.75) is 12.5 Å². The lowest BCUT2D eigenvalue weighted by molar-refractivity contribution is -0.145. The maximum Gasteiger partial charge on any atom is 0.308 e. The van der Waals surface area contributed by atoms with Gasteiger partial charge in [0.1, 0.15) is 0 Å². The molecule has 12 heavy (non-hydrogen) atoms. The lowest BCUT2D eigenvalue weighted by Crippen LogP contribution is -2.51. The van der Waals surface area contributed by atoms with Crippen LogP contribution >= 0.6 is 0 Å². The monoisotopic (exact) mass is 170 g/mol. The van der Waals surface area contributed by atoms with Gasteiger partial charge in [-0.1, -0.05) is 0 Å². The van der Waals surface area contributed by atoms with Crippen LogP contribution in [0.2, 0.25) is 0 Å². The van der Waals surface area contributed by atoms with Gasteiger partial charge >= 0.3 is 5.97 Å². The Bertz CT molecular complexity index is 207. The van der Waals surface area contributed by atoms with E-state index in [2.05, 4.69) is 4.90 Å². The second-order valence-corrected chi connectivity index (χ2v) is 3.84. The molecule has 2 saturated heterocycles. The third kappa shape index (κ3) is 1.11. The predicted molar refractivity (Wildman–Crippen MR) is 43.6 cm³/mol. The number of fused-ring (bicyclic) bond motifs is 2. The number of hydrogen-bond acceptors (Lipinski definition) is 3. The van der Waals surface area contributed by atoms with Crippen molar-refractivity contribution < 1.29 is 9.90 Å². The summed E-state index contributed by atoms with van der Waals surface area (Å²) in [5.74, 6) is -0.718. The van der Waals surface area contributed by atoms with Crippen molar-refractivity contribution >= 4 is 5.97 Å². The maximum absolute atomic E-state index is 10.9. The number of aliphatic carboxylic acids is 1. The third-order valence-corrected chi connectivity index (χ3v) is 3.03. The van der Waals surface area contributed by atoms with E-state index in [0.717, 1.165) is 26.1 Å². The average molecular weight is 170 g/mol. The molecule has 2 bridgehead atoms. The Hall–Kier alpha value is -0.610. The summed E-state index contributed by atoms with van der Waals surface area (Å²) >= 11 is 0. The molecule has 3 N–H and O–H groups in total. The van der Waals surface area contributed by atoms with Crippen molar-refractivity contribution in [3.05, 3.63) is 0 Å². The van der Waals surface area contributed by atoms with E-state index >= 15 is 0 Å². The zero-order valence-electron chi connectivity index (χ0n) is 6.94. The van der Waals surface area contributed by atoms with Crippen LogP contribution in [0.3, 0.4) is 0 Å². The Morgan fingerprint density at radius 3 is 2.92 bits per heavy atom. The van der Waals surface area contributed by atoms with E-state index in [0.29, 0.717) is 5.92 Å². The Kier molecular flexibility index (Phi) is 1.81. The van der Waals surface area contributed by atoms with Crippen LogP contribution in [0.25, 0.3) is 0 Å². The number of hydrogen-bond donors (Lipinski definition) is 2. The second kappa shape index (κ2) is 2.71. The average Bonchev–Trinajstić information content (AvgIpc) is 2.31. The van der Waals surface area contributed by atoms with Gasteiger partial charge in [0.05, 0.1) is 5.92 Å². The molecule has 4 unspecified atom stereocenters. The number of nitrogens with two attached hydrogens (primary N) is 1. The lowest BCUT2D eigenvalue weighted by atomic mass is 9.84. The second-order valence-electron chi connectivity index (χ2n) is 3.84. The summed E-state index contributed by atoms with van der Waals surface area (Å²) in [5, 5.41) is 8.93. The van der Waals surface area contributed by atoms with Crippen molar-refractivity contribution in [3.8, 4) is 0 Å². The topological polar surface area (TPSA) is 66.6 Å². The highest BCUT2D eigenvalue weighted by Gasteiger charge is 2.42. The molecule has 4 heteroatoms. The summed E-state index contributed by atoms with van der Waals surface area (Å²) in [6.45, 7) is 2.72. The first-order valence-corrected chi connectivity index (χ1v) is 4.39. The highest BCUT2D eigenvalue weighted by Crippen LogP contribution is 2.31. The number of piperidine rings is 1. The Morgan fingerprint density at radius 1 is 1.50 bits per heavy atom. The SMILES string of the molecule is NC1CN2CCC(C2)C1C(=O)O. The van der Waals surface area contributed by atoms with E-state index in [1.807, 2.05) is 0 Å². The first kappa shape index (κ1) is 8.01. The quantitative estimate of drug-likeness (QED) is 0.549. The predicted octanol–water partition coefficient (Wildman–Crippen LogP) is -0.650. The normalized spacial score (nSPS) is 46.1. The van der Waals surface area contributed by atoms with E-state index in [9.17, 15) is 4.79 Å². The van der Waals surface area contributed by atoms with Crippen molar-refractivity contribution in [1.29, 1.82) is 0 Å². The van der Waals surface area contributed by atoms with Crippen LogP contribution < -0.4 is 5.73 Å². The molecule has 2 aliphatic heterocycles. The minimum atomic E-state index is -0.714. The molecule has 4 atom stereocenters. The molecular formula is C8H14N2O2. The van der Waals surface area contributed by atoms with Crippen LogP contribution in [-0.4, -0.2) is 41.7 Å². The molecule has 2 rings (SSSR count). The third-order valence-electron chi connectivity index (χ3n) is 3.03. The van der Waals surface area contributed by atoms with Crippen LogP contribution in [0.5, 0.6) is 0 Å². The van der Waals surface area contributed by atoms with Gasteiger partial charge in [-0.25, -0.2) is 0 Å². The van der Waals surface area contributed by atoms with Gasteiger partial charge in [-0.05, 0) is 18.9 Å². The molecule has 0 radical (unpaired) electrons. The minimum Gasteiger partial charge on any atom is -0.481 e. The fourth-order valence-electron chi connectivity index (χ4n) is 2.47. The summed E-state index contributed by atoms with van der Waals surface area (Å²) < 4.78 is 0. The summed E-state index contributed by atoms with van der Waals surface area (Å²) in [7, 11) is 0. The van der Waals surface area contributed by atoms with Crippen molar-refractivity contribution in [2.75, 3.05) is 19.6 Å². The van der Waals surface area contributed by atoms with Gasteiger partial charge in [-0.15, -0.1) is 0 Å². The van der Waals surface area contributed by atoms with Crippen molar-refractivity contribution in [2.24, 2.45) is 17.6 Å². The highest BCUT2D eigenvalue weighted by atomic mass is 16.4. The van der Waals surface area contributed by atoms with Gasteiger partial charge in [0.25, 0.3) is 0 Å². The van der Waals surface area contributed by atoms with Gasteiger partial charge in [0, 0.05) is 19.1 Å². The zero-order chi connectivity index (χ0) is 8.72. The van der Waals surface area contributed by atoms with E-state index in [1.54, 1.807) is 0 Å². The molecule has 0 aliphatic carbocycles. The summed E-state index contributed by atoms with van der Waals surface area (Å²) in [5.41, 5.74) is 5.78. The summed E-state index contributed by atoms with van der Waals surface area (Å²) in [4.78, 5) is 13.1. The van der Waals surface area contributed by atoms with Crippen LogP contribution in [0, 0.1) is 11.8 Å². The molecule has 2 fully saturated rings. The molecule has 0 amide bonds. The summed E-state index contributed by atoms with van der Waals surface area (Å²) in [6.07, 6.45) is 1.00. The maximum atomic E-state index is 10.9. The molecule has 0 aromatic carbocycles. The first-order chi connectivity index (χ1) is 5.68. The highest BCUT2D eigenvalue weighted by molar-refractivity contribution is 5.71. The largest absolute Gasteiger partial charge is 0.481 e. The zero-order valence-corrected chi connectivity index (χ0v) is 6.94. The van der Waals surface area contributed by atoms with Gasteiger partial charge in [-0.3, -0.25) is 4.79 Å². The Labute approximate surface area is 71.3 Å². The van der Waals surface area contributed by atoms with Gasteiger partial charge < -0.3 is 15.7 Å². The van der Waals surface area contributed by atoms with Gasteiger partial charge in [0.15, 0.2) is 0 Å². The van der Waals surface area contributed by atoms with Crippen molar-refractivity contribution in [3.63, 3.8) is 0 Å². The number of nitrogens with zero attached hydrogens (tertiary/aromatic N) is 1. The van der Waals surface area contributed by atoms with E-state index in [4.69, 9.17) is 10.8 Å². The lowest BCUT2D eigenvalue weighted by Gasteiger charge is -2.32. The van der Waals surface area contributed by atoms with Crippen LogP contribution in [-0.2, 0) is 4.79 Å². The van der Waals surface area contributed by atoms with Crippen LogP contribution in [0.1, 0.15) is 6.42 Å². The molecule has 68 valence electrons. The molecule has 0 spiro atoms. The van der Waals surface area contributed by atoms with Gasteiger partial charge in [-0.2, -0.15) is 0 Å². The molecule has 2 heterocycles. The Morgan fingerprint density at radius 2 is 2.25 bits per heavy atom. The molecule has 0 aromatic rings. The smallest absolute Gasteiger partial charge is 0.308 e. The van der Waals surface area contributed by atoms with E-state index < -0.39 is 5.97 Å². The fourth-order valence-corrected chi connectivity index (χ4v) is 2.47. The number of rotatable bonds is 1. The number of carboxylic acid groups (broad SMARTS) is 1. The molecule has 0 saturated carbocycles. The Balaban J connectivity index is 2.15. The molecule has 4 nitrogen and oxygen atoms in total. The standard InChI is InChI=1S/C8H14N2O2/c9-6-4-10-2-1-5(3-10)7(6)8(11)12/h5-7H,1-4,9H2,(H,11,12). The molecule has 2 aliphatic rings. The number of carbonyl (C=O) groups is 1. The van der Waals surface area contributed by atoms with Crippen molar-refractivity contribution in [1.82, 2.24) is 4.90 Å². The number of carboxylic acids is 1. The first-order valence-electron chi connectivity index (χ1n) is 4.39. The van der Waals surface area contributed by atoms with Crippen LogP contribution in [0.4, 0.5) is 0 Å². The minimum absolute atomic E-state index is 0.163. The molecular weight excluding hydrogens is 156 g/mol. The summed E-state index contributed by atoms with van der Waals surface area (Å²) in [6, 6.07) is -0.163. The van der Waals surface area contributed by atoms with Crippen LogP contribution in [0.15, 0.2) is 0 Å². The van der Waals surface area contributed by atoms with E-state index in [-0.39, 0.29) is 12.0 Å². The van der Waals surface area contributed by atoms with Gasteiger partial charge in [0.2, 0.25) is 0 Å². The molecule has 0 aromatic heterocycles.